The second-order valence-corrected chi connectivity index (χ2v) is 4.97. The van der Waals surface area contributed by atoms with E-state index in [1.165, 1.54) is 6.26 Å². The van der Waals surface area contributed by atoms with E-state index in [1.54, 1.807) is 0 Å². The Labute approximate surface area is 129 Å². The van der Waals surface area contributed by atoms with Crippen molar-refractivity contribution in [3.63, 3.8) is 0 Å². The van der Waals surface area contributed by atoms with Crippen LogP contribution in [0.15, 0.2) is 41.0 Å². The van der Waals surface area contributed by atoms with Gasteiger partial charge in [-0.05, 0) is 25.0 Å². The summed E-state index contributed by atoms with van der Waals surface area (Å²) in [5.74, 6) is 0.531. The molecule has 0 aliphatic rings. The number of aliphatic hydroxyl groups excluding tert-OH is 1. The molecule has 2 aromatic rings. The molecule has 0 spiro atoms. The first kappa shape index (κ1) is 16.0. The molecular formula is C16H21N3O3. The van der Waals surface area contributed by atoms with Gasteiger partial charge >= 0.3 is 6.03 Å². The number of carbonyl (C=O) groups excluding carboxylic acids is 1. The van der Waals surface area contributed by atoms with Crippen LogP contribution in [-0.4, -0.2) is 28.8 Å². The number of aromatic nitrogens is 1. The molecular weight excluding hydrogens is 282 g/mol. The zero-order valence-corrected chi connectivity index (χ0v) is 12.6. The predicted molar refractivity (Wildman–Crippen MR) is 83.1 cm³/mol. The first-order valence-electron chi connectivity index (χ1n) is 7.38. The maximum absolute atomic E-state index is 11.6. The summed E-state index contributed by atoms with van der Waals surface area (Å²) in [5.41, 5.74) is 1.55. The normalized spacial score (nSPS) is 11.9. The Morgan fingerprint density at radius 2 is 2.09 bits per heavy atom. The number of aliphatic hydroxyl groups is 1. The van der Waals surface area contributed by atoms with Crippen LogP contribution in [-0.2, 0) is 6.54 Å². The van der Waals surface area contributed by atoms with E-state index in [1.807, 2.05) is 37.3 Å². The molecule has 0 fully saturated rings. The molecule has 1 heterocycles. The Morgan fingerprint density at radius 1 is 1.32 bits per heavy atom. The Balaban J connectivity index is 1.75. The van der Waals surface area contributed by atoms with E-state index < -0.39 is 0 Å². The zero-order chi connectivity index (χ0) is 15.8. The molecule has 1 atom stereocenters. The van der Waals surface area contributed by atoms with Crippen molar-refractivity contribution in [3.05, 3.63) is 42.3 Å². The van der Waals surface area contributed by atoms with Gasteiger partial charge in [-0.3, -0.25) is 0 Å². The van der Waals surface area contributed by atoms with Gasteiger partial charge in [-0.15, -0.1) is 0 Å². The van der Waals surface area contributed by atoms with Crippen molar-refractivity contribution >= 4 is 6.03 Å². The van der Waals surface area contributed by atoms with E-state index in [2.05, 4.69) is 15.6 Å². The molecule has 118 valence electrons. The van der Waals surface area contributed by atoms with Crippen LogP contribution in [0.5, 0.6) is 0 Å². The van der Waals surface area contributed by atoms with Crippen LogP contribution in [0.3, 0.4) is 0 Å². The largest absolute Gasteiger partial charge is 0.444 e. The monoisotopic (exact) mass is 303 g/mol. The number of amides is 2. The number of hydrogen-bond acceptors (Lipinski definition) is 4. The quantitative estimate of drug-likeness (QED) is 0.732. The van der Waals surface area contributed by atoms with Crippen LogP contribution in [0, 0.1) is 0 Å². The molecule has 1 aromatic heterocycles. The Hall–Kier alpha value is -2.34. The summed E-state index contributed by atoms with van der Waals surface area (Å²) in [6.07, 6.45) is 2.39. The van der Waals surface area contributed by atoms with Crippen molar-refractivity contribution in [2.45, 2.75) is 32.4 Å². The van der Waals surface area contributed by atoms with Gasteiger partial charge in [-0.1, -0.05) is 25.1 Å². The number of hydrogen-bond donors (Lipinski definition) is 3. The number of rotatable bonds is 7. The molecule has 0 saturated carbocycles. The lowest BCUT2D eigenvalue weighted by Gasteiger charge is -2.09. The number of benzene rings is 1. The first-order chi connectivity index (χ1) is 10.7. The number of carbonyl (C=O) groups is 1. The predicted octanol–water partition coefficient (Wildman–Crippen LogP) is 2.30. The number of nitrogens with zero attached hydrogens (tertiary/aromatic N) is 1. The van der Waals surface area contributed by atoms with Crippen molar-refractivity contribution in [2.24, 2.45) is 0 Å². The lowest BCUT2D eigenvalue weighted by Crippen LogP contribution is -2.36. The standard InChI is InChI=1S/C16H21N3O3/c1-2-14(20)8-9-17-16(21)18-10-13-11-22-15(19-13)12-6-4-3-5-7-12/h3-7,11,14,20H,2,8-10H2,1H3,(H2,17,18,21). The summed E-state index contributed by atoms with van der Waals surface area (Å²) >= 11 is 0. The van der Waals surface area contributed by atoms with Crippen LogP contribution < -0.4 is 10.6 Å². The minimum atomic E-state index is -0.371. The van der Waals surface area contributed by atoms with Gasteiger partial charge in [-0.2, -0.15) is 0 Å². The molecule has 2 rings (SSSR count). The van der Waals surface area contributed by atoms with Crippen molar-refractivity contribution in [1.29, 1.82) is 0 Å². The van der Waals surface area contributed by atoms with Gasteiger partial charge in [0.05, 0.1) is 18.3 Å². The summed E-state index contributed by atoms with van der Waals surface area (Å²) < 4.78 is 5.39. The molecule has 1 unspecified atom stereocenters. The third-order valence-corrected chi connectivity index (χ3v) is 3.24. The molecule has 2 amide bonds. The van der Waals surface area contributed by atoms with Crippen LogP contribution in [0.1, 0.15) is 25.5 Å². The van der Waals surface area contributed by atoms with Gasteiger partial charge in [0.15, 0.2) is 0 Å². The van der Waals surface area contributed by atoms with Crippen LogP contribution in [0.4, 0.5) is 4.79 Å². The lowest BCUT2D eigenvalue weighted by molar-refractivity contribution is 0.160. The zero-order valence-electron chi connectivity index (χ0n) is 12.6. The van der Waals surface area contributed by atoms with E-state index in [0.717, 1.165) is 5.56 Å². The molecule has 0 aliphatic carbocycles. The number of nitrogens with one attached hydrogen (secondary N) is 2. The highest BCUT2D eigenvalue weighted by molar-refractivity contribution is 5.73. The highest BCUT2D eigenvalue weighted by Crippen LogP contribution is 2.17. The van der Waals surface area contributed by atoms with Crippen molar-refractivity contribution < 1.29 is 14.3 Å². The fourth-order valence-corrected chi connectivity index (χ4v) is 1.89. The smallest absolute Gasteiger partial charge is 0.315 e. The third-order valence-electron chi connectivity index (χ3n) is 3.24. The van der Waals surface area contributed by atoms with Crippen molar-refractivity contribution in [2.75, 3.05) is 6.54 Å². The fourth-order valence-electron chi connectivity index (χ4n) is 1.89. The molecule has 0 bridgehead atoms. The van der Waals surface area contributed by atoms with Crippen molar-refractivity contribution in [3.8, 4) is 11.5 Å². The molecule has 0 radical (unpaired) electrons. The maximum Gasteiger partial charge on any atom is 0.315 e. The third kappa shape index (κ3) is 4.89. The van der Waals surface area contributed by atoms with Crippen LogP contribution in [0.25, 0.3) is 11.5 Å². The highest BCUT2D eigenvalue weighted by Gasteiger charge is 2.08. The minimum absolute atomic E-state index is 0.285. The van der Waals surface area contributed by atoms with Crippen molar-refractivity contribution in [1.82, 2.24) is 15.6 Å². The van der Waals surface area contributed by atoms with Gasteiger partial charge < -0.3 is 20.2 Å². The number of urea groups is 1. The van der Waals surface area contributed by atoms with Crippen LogP contribution in [0.2, 0.25) is 0 Å². The molecule has 6 heteroatoms. The van der Waals surface area contributed by atoms with Crippen LogP contribution >= 0.6 is 0 Å². The maximum atomic E-state index is 11.6. The van der Waals surface area contributed by atoms with Gasteiger partial charge in [0, 0.05) is 12.1 Å². The molecule has 1 aromatic carbocycles. The lowest BCUT2D eigenvalue weighted by atomic mass is 10.2. The molecule has 22 heavy (non-hydrogen) atoms. The fraction of sp³-hybridized carbons (Fsp3) is 0.375. The van der Waals surface area contributed by atoms with Gasteiger partial charge in [0.2, 0.25) is 5.89 Å². The summed E-state index contributed by atoms with van der Waals surface area (Å²) in [7, 11) is 0. The second kappa shape index (κ2) is 8.19. The summed E-state index contributed by atoms with van der Waals surface area (Å²) in [6.45, 7) is 2.63. The van der Waals surface area contributed by atoms with Gasteiger partial charge in [0.1, 0.15) is 6.26 Å². The van der Waals surface area contributed by atoms with E-state index in [9.17, 15) is 9.90 Å². The summed E-state index contributed by atoms with van der Waals surface area (Å²) in [4.78, 5) is 15.9. The van der Waals surface area contributed by atoms with E-state index in [4.69, 9.17) is 4.42 Å². The SMILES string of the molecule is CCC(O)CCNC(=O)NCc1coc(-c2ccccc2)n1. The van der Waals surface area contributed by atoms with E-state index in [-0.39, 0.29) is 12.1 Å². The Kier molecular flexibility index (Phi) is 5.97. The highest BCUT2D eigenvalue weighted by atomic mass is 16.3. The molecule has 6 nitrogen and oxygen atoms in total. The van der Waals surface area contributed by atoms with Gasteiger partial charge in [-0.25, -0.2) is 9.78 Å². The summed E-state index contributed by atoms with van der Waals surface area (Å²) in [5, 5.41) is 14.8. The molecule has 3 N–H and O–H groups in total. The Morgan fingerprint density at radius 3 is 2.82 bits per heavy atom. The first-order valence-corrected chi connectivity index (χ1v) is 7.38. The molecule has 0 saturated heterocycles. The van der Waals surface area contributed by atoms with E-state index >= 15 is 0 Å². The number of oxazole rings is 1. The van der Waals surface area contributed by atoms with E-state index in [0.29, 0.717) is 37.5 Å². The average molecular weight is 303 g/mol. The van der Waals surface area contributed by atoms with Gasteiger partial charge in [0.25, 0.3) is 0 Å². The second-order valence-electron chi connectivity index (χ2n) is 4.97. The Bertz CT molecular complexity index is 583. The summed E-state index contributed by atoms with van der Waals surface area (Å²) in [6, 6.07) is 9.29. The topological polar surface area (TPSA) is 87.4 Å². The minimum Gasteiger partial charge on any atom is -0.444 e. The molecule has 0 aliphatic heterocycles. The average Bonchev–Trinajstić information content (AvgIpc) is 3.02.